The Morgan fingerprint density at radius 1 is 1.69 bits per heavy atom. The van der Waals surface area contributed by atoms with Crippen molar-refractivity contribution in [1.82, 2.24) is 4.98 Å². The van der Waals surface area contributed by atoms with Gasteiger partial charge in [0.1, 0.15) is 6.07 Å². The second-order valence-corrected chi connectivity index (χ2v) is 3.80. The van der Waals surface area contributed by atoms with Crippen molar-refractivity contribution in [2.75, 3.05) is 11.4 Å². The summed E-state index contributed by atoms with van der Waals surface area (Å²) >= 11 is 0. The summed E-state index contributed by atoms with van der Waals surface area (Å²) in [7, 11) is 0. The zero-order valence-corrected chi connectivity index (χ0v) is 8.84. The van der Waals surface area contributed by atoms with Crippen LogP contribution in [0.1, 0.15) is 17.5 Å². The van der Waals surface area contributed by atoms with Gasteiger partial charge in [0.15, 0.2) is 5.82 Å². The van der Waals surface area contributed by atoms with Gasteiger partial charge in [-0.25, -0.2) is 4.98 Å². The van der Waals surface area contributed by atoms with Crippen LogP contribution in [0.4, 0.5) is 5.82 Å². The van der Waals surface area contributed by atoms with Crippen LogP contribution in [-0.2, 0) is 4.79 Å². The number of hydrogen-bond acceptors (Lipinski definition) is 4. The number of pyridine rings is 1. The SMILES string of the molecule is Cc1ccnc(N2CC(O)CC2=O)c1C#N. The molecular weight excluding hydrogens is 206 g/mol. The minimum atomic E-state index is -0.665. The Labute approximate surface area is 92.9 Å². The summed E-state index contributed by atoms with van der Waals surface area (Å²) in [4.78, 5) is 17.0. The first-order chi connectivity index (χ1) is 7.63. The number of carbonyl (C=O) groups excluding carboxylic acids is 1. The van der Waals surface area contributed by atoms with Gasteiger partial charge in [-0.15, -0.1) is 0 Å². The lowest BCUT2D eigenvalue weighted by molar-refractivity contribution is -0.117. The van der Waals surface area contributed by atoms with E-state index in [1.807, 2.05) is 6.07 Å². The van der Waals surface area contributed by atoms with Gasteiger partial charge in [0.25, 0.3) is 0 Å². The fraction of sp³-hybridized carbons (Fsp3) is 0.364. The van der Waals surface area contributed by atoms with Crippen molar-refractivity contribution in [3.05, 3.63) is 23.4 Å². The molecule has 0 spiro atoms. The molecule has 0 bridgehead atoms. The van der Waals surface area contributed by atoms with E-state index in [0.717, 1.165) is 5.56 Å². The lowest BCUT2D eigenvalue weighted by atomic mass is 10.1. The van der Waals surface area contributed by atoms with Gasteiger partial charge in [-0.3, -0.25) is 9.69 Å². The Morgan fingerprint density at radius 3 is 3.00 bits per heavy atom. The highest BCUT2D eigenvalue weighted by Gasteiger charge is 2.31. The molecule has 0 saturated carbocycles. The zero-order chi connectivity index (χ0) is 11.7. The van der Waals surface area contributed by atoms with Crippen LogP contribution in [0.3, 0.4) is 0 Å². The molecule has 82 valence electrons. The molecule has 1 amide bonds. The second kappa shape index (κ2) is 3.91. The summed E-state index contributed by atoms with van der Waals surface area (Å²) in [5, 5.41) is 18.4. The van der Waals surface area contributed by atoms with Crippen LogP contribution < -0.4 is 4.90 Å². The van der Waals surface area contributed by atoms with Crippen LogP contribution >= 0.6 is 0 Å². The summed E-state index contributed by atoms with van der Waals surface area (Å²) in [5.41, 5.74) is 1.17. The first kappa shape index (κ1) is 10.6. The van der Waals surface area contributed by atoms with Crippen LogP contribution in [-0.4, -0.2) is 28.6 Å². The Kier molecular flexibility index (Phi) is 2.59. The monoisotopic (exact) mass is 217 g/mol. The average molecular weight is 217 g/mol. The Hall–Kier alpha value is -1.93. The minimum absolute atomic E-state index is 0.0977. The molecule has 0 aliphatic carbocycles. The topological polar surface area (TPSA) is 77.2 Å². The molecule has 1 aromatic heterocycles. The van der Waals surface area contributed by atoms with E-state index in [0.29, 0.717) is 11.4 Å². The van der Waals surface area contributed by atoms with Crippen molar-refractivity contribution in [2.45, 2.75) is 19.4 Å². The molecule has 1 unspecified atom stereocenters. The number of aryl methyl sites for hydroxylation is 1. The predicted molar refractivity (Wildman–Crippen MR) is 56.7 cm³/mol. The number of nitrogens with zero attached hydrogens (tertiary/aromatic N) is 3. The van der Waals surface area contributed by atoms with Crippen LogP contribution in [0, 0.1) is 18.3 Å². The number of rotatable bonds is 1. The molecule has 2 heterocycles. The second-order valence-electron chi connectivity index (χ2n) is 3.80. The standard InChI is InChI=1S/C11H11N3O2/c1-7-2-3-13-11(9(7)5-12)14-6-8(15)4-10(14)16/h2-3,8,15H,4,6H2,1H3. The minimum Gasteiger partial charge on any atom is -0.391 e. The van der Waals surface area contributed by atoms with Gasteiger partial charge in [0.2, 0.25) is 5.91 Å². The van der Waals surface area contributed by atoms with E-state index in [9.17, 15) is 9.90 Å². The molecule has 16 heavy (non-hydrogen) atoms. The number of aliphatic hydroxyl groups is 1. The predicted octanol–water partition coefficient (Wildman–Crippen LogP) is 0.359. The maximum absolute atomic E-state index is 11.6. The maximum Gasteiger partial charge on any atom is 0.230 e. The third-order valence-corrected chi connectivity index (χ3v) is 2.61. The molecule has 5 nitrogen and oxygen atoms in total. The van der Waals surface area contributed by atoms with E-state index in [-0.39, 0.29) is 18.9 Å². The maximum atomic E-state index is 11.6. The summed E-state index contributed by atoms with van der Waals surface area (Å²) in [6.07, 6.45) is 0.991. The Morgan fingerprint density at radius 2 is 2.44 bits per heavy atom. The van der Waals surface area contributed by atoms with E-state index in [1.54, 1.807) is 19.2 Å². The fourth-order valence-corrected chi connectivity index (χ4v) is 1.78. The molecule has 1 atom stereocenters. The highest BCUT2D eigenvalue weighted by molar-refractivity contribution is 5.96. The summed E-state index contributed by atoms with van der Waals surface area (Å²) < 4.78 is 0. The molecule has 5 heteroatoms. The van der Waals surface area contributed by atoms with E-state index < -0.39 is 6.10 Å². The van der Waals surface area contributed by atoms with Crippen LogP contribution in [0.2, 0.25) is 0 Å². The van der Waals surface area contributed by atoms with Crippen molar-refractivity contribution in [2.24, 2.45) is 0 Å². The molecule has 1 fully saturated rings. The Balaban J connectivity index is 2.45. The van der Waals surface area contributed by atoms with Crippen molar-refractivity contribution in [1.29, 1.82) is 5.26 Å². The van der Waals surface area contributed by atoms with E-state index >= 15 is 0 Å². The number of β-amino-alcohol motifs (C(OH)–C–C–N with tert-alkyl or cyclic N) is 1. The Bertz CT molecular complexity index is 479. The highest BCUT2D eigenvalue weighted by Crippen LogP contribution is 2.24. The van der Waals surface area contributed by atoms with Gasteiger partial charge in [-0.2, -0.15) is 5.26 Å². The van der Waals surface area contributed by atoms with Crippen LogP contribution in [0.15, 0.2) is 12.3 Å². The molecule has 1 aromatic rings. The lowest BCUT2D eigenvalue weighted by Crippen LogP contribution is -2.27. The number of aliphatic hydroxyl groups excluding tert-OH is 1. The van der Waals surface area contributed by atoms with Crippen molar-refractivity contribution < 1.29 is 9.90 Å². The molecule has 1 aliphatic rings. The van der Waals surface area contributed by atoms with Gasteiger partial charge in [0, 0.05) is 6.20 Å². The summed E-state index contributed by atoms with van der Waals surface area (Å²) in [5.74, 6) is 0.158. The van der Waals surface area contributed by atoms with Crippen molar-refractivity contribution in [3.8, 4) is 6.07 Å². The van der Waals surface area contributed by atoms with Gasteiger partial charge in [-0.05, 0) is 18.6 Å². The average Bonchev–Trinajstić information content (AvgIpc) is 2.57. The third kappa shape index (κ3) is 1.64. The third-order valence-electron chi connectivity index (χ3n) is 2.61. The molecule has 0 radical (unpaired) electrons. The van der Waals surface area contributed by atoms with E-state index in [2.05, 4.69) is 4.98 Å². The quantitative estimate of drug-likeness (QED) is 0.736. The molecular formula is C11H11N3O2. The summed E-state index contributed by atoms with van der Waals surface area (Å²) in [6.45, 7) is 2.00. The van der Waals surface area contributed by atoms with Crippen LogP contribution in [0.5, 0.6) is 0 Å². The highest BCUT2D eigenvalue weighted by atomic mass is 16.3. The molecule has 1 aliphatic heterocycles. The molecule has 2 rings (SSSR count). The van der Waals surface area contributed by atoms with Gasteiger partial charge >= 0.3 is 0 Å². The van der Waals surface area contributed by atoms with Crippen molar-refractivity contribution in [3.63, 3.8) is 0 Å². The van der Waals surface area contributed by atoms with E-state index in [1.165, 1.54) is 4.90 Å². The van der Waals surface area contributed by atoms with Gasteiger partial charge in [-0.1, -0.05) is 0 Å². The van der Waals surface area contributed by atoms with Gasteiger partial charge < -0.3 is 5.11 Å². The number of aromatic nitrogens is 1. The molecule has 0 aromatic carbocycles. The lowest BCUT2D eigenvalue weighted by Gasteiger charge is -2.16. The largest absolute Gasteiger partial charge is 0.391 e. The van der Waals surface area contributed by atoms with Crippen LogP contribution in [0.25, 0.3) is 0 Å². The zero-order valence-electron chi connectivity index (χ0n) is 8.84. The van der Waals surface area contributed by atoms with E-state index in [4.69, 9.17) is 5.26 Å². The number of anilines is 1. The number of amides is 1. The molecule has 1 saturated heterocycles. The number of carbonyl (C=O) groups is 1. The van der Waals surface area contributed by atoms with Gasteiger partial charge in [0.05, 0.1) is 24.6 Å². The normalized spacial score (nSPS) is 19.9. The first-order valence-electron chi connectivity index (χ1n) is 4.97. The molecule has 1 N–H and O–H groups in total. The summed E-state index contributed by atoms with van der Waals surface area (Å²) in [6, 6.07) is 3.76. The van der Waals surface area contributed by atoms with Crippen molar-refractivity contribution >= 4 is 11.7 Å². The fourth-order valence-electron chi connectivity index (χ4n) is 1.78. The number of nitriles is 1. The first-order valence-corrected chi connectivity index (χ1v) is 4.97. The smallest absolute Gasteiger partial charge is 0.230 e. The number of hydrogen-bond donors (Lipinski definition) is 1.